The third kappa shape index (κ3) is 66.8. The number of unbranched alkanes of at least 4 members (excludes halogenated alkanes) is 44. The van der Waals surface area contributed by atoms with Gasteiger partial charge in [-0.15, -0.1) is 0 Å². The summed E-state index contributed by atoms with van der Waals surface area (Å²) in [5, 5.41) is 0. The van der Waals surface area contributed by atoms with Gasteiger partial charge in [0.15, 0.2) is 6.10 Å². The first-order valence-electron chi connectivity index (χ1n) is 35.3. The first-order valence-corrected chi connectivity index (χ1v) is 36.8. The van der Waals surface area contributed by atoms with Crippen LogP contribution < -0.4 is 5.73 Å². The first-order chi connectivity index (χ1) is 40.3. The van der Waals surface area contributed by atoms with Crippen LogP contribution in [0.1, 0.15) is 354 Å². The number of rotatable bonds is 67. The van der Waals surface area contributed by atoms with Gasteiger partial charge in [0, 0.05) is 19.4 Å². The summed E-state index contributed by atoms with van der Waals surface area (Å²) in [6.07, 6.45) is 87.6. The number of carbonyl (C=O) groups excluding carboxylic acids is 2. The van der Waals surface area contributed by atoms with E-state index in [-0.39, 0.29) is 38.6 Å². The Balaban J connectivity index is 3.82. The SMILES string of the molecule is CC/C=C\C/C=C\C/C=C\C/C=C\C/C=C\CCCCCCCCCCCCCC(=O)OC(COC(=O)CCCCCCCCCCCCCCCCCCCCCCCCCCCCCCCCCCCC)COP(=O)(O)OCCN. The lowest BCUT2D eigenvalue weighted by molar-refractivity contribution is -0.161. The van der Waals surface area contributed by atoms with E-state index in [1.54, 1.807) is 0 Å². The maximum atomic E-state index is 12.8. The molecule has 0 saturated carbocycles. The molecule has 0 aromatic rings. The molecule has 0 aliphatic carbocycles. The third-order valence-corrected chi connectivity index (χ3v) is 16.7. The van der Waals surface area contributed by atoms with Crippen LogP contribution in [0.4, 0.5) is 0 Å². The van der Waals surface area contributed by atoms with Crippen LogP contribution in [0.2, 0.25) is 0 Å². The Bertz CT molecular complexity index is 1530. The Morgan fingerprint density at radius 1 is 0.378 bits per heavy atom. The molecular formula is C72H134NO8P. The third-order valence-electron chi connectivity index (χ3n) is 15.7. The van der Waals surface area contributed by atoms with Gasteiger partial charge >= 0.3 is 19.8 Å². The van der Waals surface area contributed by atoms with E-state index in [9.17, 15) is 19.0 Å². The molecule has 82 heavy (non-hydrogen) atoms. The number of esters is 2. The molecular weight excluding hydrogens is 1040 g/mol. The van der Waals surface area contributed by atoms with Crippen LogP contribution in [0.3, 0.4) is 0 Å². The van der Waals surface area contributed by atoms with Gasteiger partial charge in [-0.1, -0.05) is 344 Å². The van der Waals surface area contributed by atoms with Crippen molar-refractivity contribution >= 4 is 19.8 Å². The minimum Gasteiger partial charge on any atom is -0.462 e. The summed E-state index contributed by atoms with van der Waals surface area (Å²) in [6.45, 7) is 3.69. The number of ether oxygens (including phenoxy) is 2. The largest absolute Gasteiger partial charge is 0.472 e. The van der Waals surface area contributed by atoms with E-state index >= 15 is 0 Å². The zero-order valence-electron chi connectivity index (χ0n) is 54.0. The van der Waals surface area contributed by atoms with Crippen LogP contribution in [-0.2, 0) is 32.7 Å². The summed E-state index contributed by atoms with van der Waals surface area (Å²) < 4.78 is 33.2. The van der Waals surface area contributed by atoms with Gasteiger partial charge in [-0.25, -0.2) is 4.57 Å². The first kappa shape index (κ1) is 79.7. The van der Waals surface area contributed by atoms with Gasteiger partial charge in [0.2, 0.25) is 0 Å². The van der Waals surface area contributed by atoms with Crippen molar-refractivity contribution in [1.82, 2.24) is 0 Å². The number of carbonyl (C=O) groups is 2. The van der Waals surface area contributed by atoms with Crippen LogP contribution >= 0.6 is 7.82 Å². The summed E-state index contributed by atoms with van der Waals surface area (Å²) >= 11 is 0. The fraction of sp³-hybridized carbons (Fsp3) is 0.833. The second-order valence-corrected chi connectivity index (χ2v) is 25.2. The minimum absolute atomic E-state index is 0.0527. The van der Waals surface area contributed by atoms with E-state index in [1.165, 1.54) is 244 Å². The number of nitrogens with two attached hydrogens (primary N) is 1. The molecule has 0 heterocycles. The Morgan fingerprint density at radius 2 is 0.671 bits per heavy atom. The highest BCUT2D eigenvalue weighted by molar-refractivity contribution is 7.47. The molecule has 0 amide bonds. The van der Waals surface area contributed by atoms with Gasteiger partial charge in [-0.05, 0) is 57.8 Å². The van der Waals surface area contributed by atoms with Crippen molar-refractivity contribution in [1.29, 1.82) is 0 Å². The monoisotopic (exact) mass is 1170 g/mol. The van der Waals surface area contributed by atoms with Crippen molar-refractivity contribution in [2.45, 2.75) is 360 Å². The molecule has 0 fully saturated rings. The maximum absolute atomic E-state index is 12.8. The smallest absolute Gasteiger partial charge is 0.462 e. The molecule has 0 aliphatic rings. The highest BCUT2D eigenvalue weighted by Gasteiger charge is 2.26. The lowest BCUT2D eigenvalue weighted by Crippen LogP contribution is -2.29. The van der Waals surface area contributed by atoms with Crippen LogP contribution in [0.5, 0.6) is 0 Å². The minimum atomic E-state index is -4.39. The van der Waals surface area contributed by atoms with Gasteiger partial charge in [0.1, 0.15) is 6.61 Å². The van der Waals surface area contributed by atoms with E-state index in [0.29, 0.717) is 6.42 Å². The molecule has 9 nitrogen and oxygen atoms in total. The molecule has 3 N–H and O–H groups in total. The Morgan fingerprint density at radius 3 is 1.00 bits per heavy atom. The second-order valence-electron chi connectivity index (χ2n) is 23.7. The van der Waals surface area contributed by atoms with Crippen LogP contribution in [0.15, 0.2) is 60.8 Å². The van der Waals surface area contributed by atoms with Crippen LogP contribution in [0.25, 0.3) is 0 Å². The van der Waals surface area contributed by atoms with Gasteiger partial charge in [0.05, 0.1) is 13.2 Å². The summed E-state index contributed by atoms with van der Waals surface area (Å²) in [4.78, 5) is 35.4. The topological polar surface area (TPSA) is 134 Å². The molecule has 0 rings (SSSR count). The molecule has 0 aromatic carbocycles. The predicted octanol–water partition coefficient (Wildman–Crippen LogP) is 23.0. The number of phosphoric acid groups is 1. The van der Waals surface area contributed by atoms with Crippen molar-refractivity contribution < 1.29 is 37.6 Å². The van der Waals surface area contributed by atoms with E-state index in [2.05, 4.69) is 74.6 Å². The van der Waals surface area contributed by atoms with Gasteiger partial charge in [0.25, 0.3) is 0 Å². The molecule has 480 valence electrons. The zero-order chi connectivity index (χ0) is 59.4. The van der Waals surface area contributed by atoms with Crippen molar-refractivity contribution in [2.24, 2.45) is 5.73 Å². The van der Waals surface area contributed by atoms with Gasteiger partial charge in [-0.2, -0.15) is 0 Å². The van der Waals surface area contributed by atoms with Gasteiger partial charge < -0.3 is 20.1 Å². The average molecular weight is 1170 g/mol. The number of hydrogen-bond acceptors (Lipinski definition) is 8. The molecule has 0 aliphatic heterocycles. The number of phosphoric ester groups is 1. The molecule has 0 bridgehead atoms. The van der Waals surface area contributed by atoms with Crippen molar-refractivity contribution in [2.75, 3.05) is 26.4 Å². The summed E-state index contributed by atoms with van der Waals surface area (Å²) in [6, 6.07) is 0. The summed E-state index contributed by atoms with van der Waals surface area (Å²) in [5.74, 6) is -0.816. The second kappa shape index (κ2) is 67.8. The molecule has 0 saturated heterocycles. The van der Waals surface area contributed by atoms with Crippen molar-refractivity contribution in [3.63, 3.8) is 0 Å². The molecule has 2 atom stereocenters. The van der Waals surface area contributed by atoms with E-state index in [1.807, 2.05) is 0 Å². The van der Waals surface area contributed by atoms with Crippen LogP contribution in [-0.4, -0.2) is 49.3 Å². The van der Waals surface area contributed by atoms with Crippen molar-refractivity contribution in [3.8, 4) is 0 Å². The standard InChI is InChI=1S/C72H134NO8P/c1-3-5-7-9-11-13-15-17-19-21-23-25-27-29-31-32-33-34-35-36-37-39-40-42-44-46-48-50-52-54-56-58-60-62-64-71(74)78-68-70(69-80-82(76,77)79-67-66-73)81-72(75)65-63-61-59-57-55-53-51-49-47-45-43-41-38-30-28-26-24-22-20-18-16-14-12-10-8-6-4-2/h6,8,12,14,18,20,24,26,30,38,70H,3-5,7,9-11,13,15-17,19,21-23,25,27-29,31-37,39-69,73H2,1-2H3,(H,76,77)/b8-6-,14-12-,20-18-,26-24-,38-30-. The Hall–Kier alpha value is -2.29. The summed E-state index contributed by atoms with van der Waals surface area (Å²) in [7, 11) is -4.39. The fourth-order valence-electron chi connectivity index (χ4n) is 10.5. The number of hydrogen-bond donors (Lipinski definition) is 2. The van der Waals surface area contributed by atoms with Crippen molar-refractivity contribution in [3.05, 3.63) is 60.8 Å². The molecule has 10 heteroatoms. The van der Waals surface area contributed by atoms with E-state index in [0.717, 1.165) is 77.0 Å². The van der Waals surface area contributed by atoms with Gasteiger partial charge in [-0.3, -0.25) is 18.6 Å². The fourth-order valence-corrected chi connectivity index (χ4v) is 11.3. The maximum Gasteiger partial charge on any atom is 0.472 e. The van der Waals surface area contributed by atoms with E-state index in [4.69, 9.17) is 24.3 Å². The van der Waals surface area contributed by atoms with Crippen LogP contribution in [0, 0.1) is 0 Å². The lowest BCUT2D eigenvalue weighted by Gasteiger charge is -2.19. The normalized spacial score (nSPS) is 13.3. The molecule has 0 spiro atoms. The molecule has 0 aromatic heterocycles. The lowest BCUT2D eigenvalue weighted by atomic mass is 10.0. The Kier molecular flexibility index (Phi) is 65.9. The summed E-state index contributed by atoms with van der Waals surface area (Å²) in [5.41, 5.74) is 5.40. The Labute approximate surface area is 508 Å². The predicted molar refractivity (Wildman–Crippen MR) is 353 cm³/mol. The molecule has 2 unspecified atom stereocenters. The highest BCUT2D eigenvalue weighted by atomic mass is 31.2. The average Bonchev–Trinajstić information content (AvgIpc) is 3.49. The zero-order valence-corrected chi connectivity index (χ0v) is 54.9. The quantitative estimate of drug-likeness (QED) is 0.0264. The number of allylic oxidation sites excluding steroid dienone is 10. The highest BCUT2D eigenvalue weighted by Crippen LogP contribution is 2.43. The van der Waals surface area contributed by atoms with E-state index < -0.39 is 26.5 Å². The molecule has 0 radical (unpaired) electrons.